The fourth-order valence-electron chi connectivity index (χ4n) is 2.16. The minimum Gasteiger partial charge on any atom is -0.497 e. The van der Waals surface area contributed by atoms with E-state index in [2.05, 4.69) is 11.1 Å². The summed E-state index contributed by atoms with van der Waals surface area (Å²) in [6, 6.07) is 15.7. The molecule has 0 unspecified atom stereocenters. The number of hydrogen-bond acceptors (Lipinski definition) is 4. The lowest BCUT2D eigenvalue weighted by Crippen LogP contribution is -1.85. The lowest BCUT2D eigenvalue weighted by Gasteiger charge is -2.00. The first-order valence-corrected chi connectivity index (χ1v) is 8.05. The first-order valence-electron chi connectivity index (χ1n) is 7.17. The highest BCUT2D eigenvalue weighted by molar-refractivity contribution is 7.11. The summed E-state index contributed by atoms with van der Waals surface area (Å²) in [4.78, 5) is 4.53. The molecule has 0 saturated carbocycles. The van der Waals surface area contributed by atoms with Crippen LogP contribution in [0.2, 0.25) is 0 Å². The van der Waals surface area contributed by atoms with Gasteiger partial charge in [0.25, 0.3) is 0 Å². The smallest absolute Gasteiger partial charge is 0.134 e. The molecule has 0 N–H and O–H groups in total. The van der Waals surface area contributed by atoms with Crippen molar-refractivity contribution < 1.29 is 9.13 Å². The number of thiazole rings is 1. The van der Waals surface area contributed by atoms with Crippen molar-refractivity contribution in [2.45, 2.75) is 0 Å². The van der Waals surface area contributed by atoms with Crippen molar-refractivity contribution in [1.29, 1.82) is 5.26 Å². The van der Waals surface area contributed by atoms with Crippen LogP contribution in [0.3, 0.4) is 0 Å². The highest BCUT2D eigenvalue weighted by Crippen LogP contribution is 2.28. The van der Waals surface area contributed by atoms with Crippen molar-refractivity contribution in [3.8, 4) is 23.1 Å². The molecule has 118 valence electrons. The van der Waals surface area contributed by atoms with E-state index in [9.17, 15) is 9.65 Å². The van der Waals surface area contributed by atoms with Crippen LogP contribution in [0.15, 0.2) is 53.9 Å². The Labute approximate surface area is 143 Å². The van der Waals surface area contributed by atoms with Crippen LogP contribution >= 0.6 is 11.3 Å². The molecule has 0 atom stereocenters. The number of nitrogens with zero attached hydrogens (tertiary/aromatic N) is 2. The summed E-state index contributed by atoms with van der Waals surface area (Å²) in [5.74, 6) is 0.477. The Balaban J connectivity index is 1.90. The fourth-order valence-corrected chi connectivity index (χ4v) is 2.95. The van der Waals surface area contributed by atoms with E-state index in [4.69, 9.17) is 4.74 Å². The third kappa shape index (κ3) is 3.50. The number of aromatic nitrogens is 1. The molecule has 3 rings (SSSR count). The number of ether oxygens (including phenoxy) is 1. The zero-order valence-electron chi connectivity index (χ0n) is 12.9. The highest BCUT2D eigenvalue weighted by Gasteiger charge is 2.09. The molecule has 0 aliphatic carbocycles. The molecule has 0 aliphatic heterocycles. The molecule has 0 amide bonds. The number of nitriles is 1. The summed E-state index contributed by atoms with van der Waals surface area (Å²) in [7, 11) is 1.62. The van der Waals surface area contributed by atoms with E-state index in [1.54, 1.807) is 25.3 Å². The largest absolute Gasteiger partial charge is 0.497 e. The Hall–Kier alpha value is -2.97. The van der Waals surface area contributed by atoms with Crippen LogP contribution in [-0.4, -0.2) is 12.1 Å². The van der Waals surface area contributed by atoms with E-state index in [1.807, 2.05) is 29.6 Å². The Kier molecular flexibility index (Phi) is 4.69. The van der Waals surface area contributed by atoms with E-state index < -0.39 is 0 Å². The second-order valence-corrected chi connectivity index (χ2v) is 5.85. The molecule has 0 spiro atoms. The lowest BCUT2D eigenvalue weighted by atomic mass is 10.1. The van der Waals surface area contributed by atoms with Gasteiger partial charge in [-0.15, -0.1) is 11.3 Å². The van der Waals surface area contributed by atoms with E-state index in [0.29, 0.717) is 10.6 Å². The van der Waals surface area contributed by atoms with Gasteiger partial charge < -0.3 is 4.74 Å². The molecule has 1 aromatic heterocycles. The predicted octanol–water partition coefficient (Wildman–Crippen LogP) is 5.02. The van der Waals surface area contributed by atoms with Gasteiger partial charge >= 0.3 is 0 Å². The van der Waals surface area contributed by atoms with Crippen molar-refractivity contribution >= 4 is 23.0 Å². The van der Waals surface area contributed by atoms with Gasteiger partial charge in [-0.25, -0.2) is 9.37 Å². The second-order valence-electron chi connectivity index (χ2n) is 4.99. The van der Waals surface area contributed by atoms with Gasteiger partial charge in [0.1, 0.15) is 22.6 Å². The Morgan fingerprint density at radius 3 is 2.50 bits per heavy atom. The predicted molar refractivity (Wildman–Crippen MR) is 94.0 cm³/mol. The molecule has 0 radical (unpaired) electrons. The summed E-state index contributed by atoms with van der Waals surface area (Å²) in [5.41, 5.74) is 2.97. The fraction of sp³-hybridized carbons (Fsp3) is 0.0526. The third-order valence-electron chi connectivity index (χ3n) is 3.42. The highest BCUT2D eigenvalue weighted by atomic mass is 32.1. The van der Waals surface area contributed by atoms with Gasteiger partial charge in [0.15, 0.2) is 0 Å². The second kappa shape index (κ2) is 7.07. The van der Waals surface area contributed by atoms with Gasteiger partial charge in [0.05, 0.1) is 18.4 Å². The molecule has 1 heterocycles. The molecular formula is C19H13FN2OS. The topological polar surface area (TPSA) is 45.9 Å². The van der Waals surface area contributed by atoms with Gasteiger partial charge in [0, 0.05) is 10.9 Å². The number of halogens is 1. The van der Waals surface area contributed by atoms with Crippen molar-refractivity contribution in [1.82, 2.24) is 4.98 Å². The Morgan fingerprint density at radius 2 is 1.88 bits per heavy atom. The van der Waals surface area contributed by atoms with Gasteiger partial charge in [-0.2, -0.15) is 5.26 Å². The Morgan fingerprint density at radius 1 is 1.17 bits per heavy atom. The molecule has 0 aliphatic rings. The molecule has 24 heavy (non-hydrogen) atoms. The molecule has 2 aromatic carbocycles. The van der Waals surface area contributed by atoms with E-state index >= 15 is 0 Å². The molecule has 3 aromatic rings. The van der Waals surface area contributed by atoms with Crippen LogP contribution in [0.25, 0.3) is 22.9 Å². The lowest BCUT2D eigenvalue weighted by molar-refractivity contribution is 0.415. The van der Waals surface area contributed by atoms with Crippen molar-refractivity contribution in [3.63, 3.8) is 0 Å². The zero-order chi connectivity index (χ0) is 16.9. The maximum Gasteiger partial charge on any atom is 0.134 e. The van der Waals surface area contributed by atoms with Gasteiger partial charge in [0.2, 0.25) is 0 Å². The normalized spacial score (nSPS) is 11.1. The number of hydrogen-bond donors (Lipinski definition) is 0. The molecule has 0 saturated heterocycles. The van der Waals surface area contributed by atoms with Crippen molar-refractivity contribution in [2.75, 3.05) is 7.11 Å². The standard InChI is InChI=1S/C19H13FN2OS/c1-23-17-8-4-14(5-9-17)18-12-24-19(22-18)15(11-21)10-13-2-6-16(20)7-3-13/h2-10,12H,1H3/b15-10-. The molecule has 0 fully saturated rings. The minimum absolute atomic E-state index is 0.304. The summed E-state index contributed by atoms with van der Waals surface area (Å²) >= 11 is 1.40. The monoisotopic (exact) mass is 336 g/mol. The van der Waals surface area contributed by atoms with Gasteiger partial charge in [-0.05, 0) is 48.0 Å². The molecule has 5 heteroatoms. The third-order valence-corrected chi connectivity index (χ3v) is 4.30. The van der Waals surface area contributed by atoms with Gasteiger partial charge in [-0.3, -0.25) is 0 Å². The van der Waals surface area contributed by atoms with E-state index in [-0.39, 0.29) is 5.82 Å². The Bertz CT molecular complexity index is 906. The maximum atomic E-state index is 13.0. The first kappa shape index (κ1) is 15.9. The maximum absolute atomic E-state index is 13.0. The van der Waals surface area contributed by atoms with Crippen LogP contribution in [0.1, 0.15) is 10.6 Å². The SMILES string of the molecule is COc1ccc(-c2csc(/C(C#N)=C\c3ccc(F)cc3)n2)cc1. The minimum atomic E-state index is -0.304. The van der Waals surface area contributed by atoms with Crippen molar-refractivity contribution in [3.05, 3.63) is 70.3 Å². The van der Waals surface area contributed by atoms with Crippen LogP contribution in [0, 0.1) is 17.1 Å². The zero-order valence-corrected chi connectivity index (χ0v) is 13.7. The van der Waals surface area contributed by atoms with Crippen LogP contribution < -0.4 is 4.74 Å². The average molecular weight is 336 g/mol. The molecule has 3 nitrogen and oxygen atoms in total. The number of rotatable bonds is 4. The summed E-state index contributed by atoms with van der Waals surface area (Å²) in [6.07, 6.45) is 1.70. The number of methoxy groups -OCH3 is 1. The first-order chi connectivity index (χ1) is 11.7. The average Bonchev–Trinajstić information content (AvgIpc) is 3.11. The van der Waals surface area contributed by atoms with Crippen molar-refractivity contribution in [2.24, 2.45) is 0 Å². The van der Waals surface area contributed by atoms with Crippen LogP contribution in [-0.2, 0) is 0 Å². The number of benzene rings is 2. The summed E-state index contributed by atoms with van der Waals surface area (Å²) < 4.78 is 18.1. The quantitative estimate of drug-likeness (QED) is 0.628. The van der Waals surface area contributed by atoms with Crippen LogP contribution in [0.5, 0.6) is 5.75 Å². The summed E-state index contributed by atoms with van der Waals surface area (Å²) in [5, 5.41) is 11.9. The summed E-state index contributed by atoms with van der Waals surface area (Å²) in [6.45, 7) is 0. The van der Waals surface area contributed by atoms with Crippen LogP contribution in [0.4, 0.5) is 4.39 Å². The van der Waals surface area contributed by atoms with E-state index in [1.165, 1.54) is 23.5 Å². The number of allylic oxidation sites excluding steroid dienone is 1. The molecular weight excluding hydrogens is 323 g/mol. The van der Waals surface area contributed by atoms with Gasteiger partial charge in [-0.1, -0.05) is 12.1 Å². The molecule has 0 bridgehead atoms. The van der Waals surface area contributed by atoms with E-state index in [0.717, 1.165) is 22.6 Å².